The third-order valence-corrected chi connectivity index (χ3v) is 5.01. The minimum Gasteiger partial charge on any atom is -0.266 e. The van der Waals surface area contributed by atoms with Gasteiger partial charge in [-0.15, -0.1) is 0 Å². The van der Waals surface area contributed by atoms with E-state index in [0.717, 1.165) is 17.2 Å². The number of benzene rings is 3. The van der Waals surface area contributed by atoms with Crippen LogP contribution >= 0.6 is 0 Å². The molecule has 0 aliphatic rings. The molecule has 0 unspecified atom stereocenters. The van der Waals surface area contributed by atoms with Crippen LogP contribution in [0, 0.1) is 0 Å². The van der Waals surface area contributed by atoms with Crippen LogP contribution in [0.1, 0.15) is 12.0 Å². The molecule has 3 aromatic carbocycles. The van der Waals surface area contributed by atoms with E-state index in [2.05, 4.69) is 0 Å². The molecule has 0 spiro atoms. The monoisotopic (exact) mass is 326 g/mol. The van der Waals surface area contributed by atoms with Gasteiger partial charge in [-0.05, 0) is 41.3 Å². The highest BCUT2D eigenvalue weighted by molar-refractivity contribution is 7.86. The van der Waals surface area contributed by atoms with Gasteiger partial charge in [-0.3, -0.25) is 4.18 Å². The number of fused-ring (bicyclic) bond motifs is 1. The Labute approximate surface area is 136 Å². The second kappa shape index (κ2) is 6.94. The van der Waals surface area contributed by atoms with E-state index in [-0.39, 0.29) is 11.5 Å². The normalized spacial score (nSPS) is 11.7. The van der Waals surface area contributed by atoms with Crippen LogP contribution in [-0.2, 0) is 20.7 Å². The molecule has 3 aromatic rings. The SMILES string of the molecule is O=S(=O)(OCCCc1ccccc1)c1ccc2ccccc2c1. The zero-order valence-electron chi connectivity index (χ0n) is 12.7. The largest absolute Gasteiger partial charge is 0.296 e. The zero-order chi connectivity index (χ0) is 16.1. The van der Waals surface area contributed by atoms with E-state index >= 15 is 0 Å². The Hall–Kier alpha value is -2.17. The molecule has 0 aromatic heterocycles. The van der Waals surface area contributed by atoms with Crippen molar-refractivity contribution in [3.05, 3.63) is 78.4 Å². The van der Waals surface area contributed by atoms with Gasteiger partial charge < -0.3 is 0 Å². The summed E-state index contributed by atoms with van der Waals surface area (Å²) >= 11 is 0. The number of hydrogen-bond donors (Lipinski definition) is 0. The van der Waals surface area contributed by atoms with Gasteiger partial charge >= 0.3 is 0 Å². The first-order chi connectivity index (χ1) is 11.1. The predicted molar refractivity (Wildman–Crippen MR) is 91.8 cm³/mol. The first kappa shape index (κ1) is 15.7. The minimum absolute atomic E-state index is 0.185. The smallest absolute Gasteiger partial charge is 0.266 e. The molecule has 0 bridgehead atoms. The van der Waals surface area contributed by atoms with Gasteiger partial charge in [0.15, 0.2) is 0 Å². The quantitative estimate of drug-likeness (QED) is 0.504. The molecule has 0 aliphatic carbocycles. The second-order valence-corrected chi connectivity index (χ2v) is 6.99. The molecule has 0 fully saturated rings. The summed E-state index contributed by atoms with van der Waals surface area (Å²) in [6.07, 6.45) is 1.46. The summed E-state index contributed by atoms with van der Waals surface area (Å²) in [4.78, 5) is 0.205. The van der Waals surface area contributed by atoms with E-state index < -0.39 is 10.1 Å². The van der Waals surface area contributed by atoms with E-state index in [1.807, 2.05) is 54.6 Å². The molecule has 0 radical (unpaired) electrons. The van der Waals surface area contributed by atoms with E-state index in [1.54, 1.807) is 18.2 Å². The van der Waals surface area contributed by atoms with Crippen LogP contribution in [0.25, 0.3) is 10.8 Å². The molecule has 0 heterocycles. The number of aryl methyl sites for hydroxylation is 1. The topological polar surface area (TPSA) is 43.4 Å². The van der Waals surface area contributed by atoms with Crippen LogP contribution in [0.5, 0.6) is 0 Å². The second-order valence-electron chi connectivity index (χ2n) is 5.37. The lowest BCUT2D eigenvalue weighted by atomic mass is 10.1. The average molecular weight is 326 g/mol. The van der Waals surface area contributed by atoms with E-state index in [1.165, 1.54) is 5.56 Å². The summed E-state index contributed by atoms with van der Waals surface area (Å²) in [6.45, 7) is 0.185. The van der Waals surface area contributed by atoms with Crippen molar-refractivity contribution in [2.75, 3.05) is 6.61 Å². The standard InChI is InChI=1S/C19H18O3S/c20-23(21,22-14-6-9-16-7-2-1-3-8-16)19-13-12-17-10-4-5-11-18(17)15-19/h1-5,7-8,10-13,15H,6,9,14H2. The zero-order valence-corrected chi connectivity index (χ0v) is 13.5. The molecular formula is C19H18O3S. The van der Waals surface area contributed by atoms with Crippen molar-refractivity contribution < 1.29 is 12.6 Å². The lowest BCUT2D eigenvalue weighted by Crippen LogP contribution is -2.08. The Morgan fingerprint density at radius 1 is 0.783 bits per heavy atom. The van der Waals surface area contributed by atoms with Gasteiger partial charge in [0.1, 0.15) is 0 Å². The van der Waals surface area contributed by atoms with Crippen LogP contribution in [-0.4, -0.2) is 15.0 Å². The van der Waals surface area contributed by atoms with Gasteiger partial charge in [0.05, 0.1) is 11.5 Å². The first-order valence-corrected chi connectivity index (χ1v) is 8.98. The summed E-state index contributed by atoms with van der Waals surface area (Å²) in [5.74, 6) is 0. The predicted octanol–water partition coefficient (Wildman–Crippen LogP) is 4.18. The summed E-state index contributed by atoms with van der Waals surface area (Å²) in [5.41, 5.74) is 1.18. The van der Waals surface area contributed by atoms with Crippen molar-refractivity contribution in [1.82, 2.24) is 0 Å². The molecule has 0 saturated heterocycles. The van der Waals surface area contributed by atoms with Crippen molar-refractivity contribution in [3.8, 4) is 0 Å². The Balaban J connectivity index is 1.63. The van der Waals surface area contributed by atoms with Crippen molar-refractivity contribution in [2.24, 2.45) is 0 Å². The molecular weight excluding hydrogens is 308 g/mol. The number of rotatable bonds is 6. The first-order valence-electron chi connectivity index (χ1n) is 7.57. The van der Waals surface area contributed by atoms with Crippen molar-refractivity contribution in [1.29, 1.82) is 0 Å². The lowest BCUT2D eigenvalue weighted by molar-refractivity contribution is 0.312. The van der Waals surface area contributed by atoms with Gasteiger partial charge in [-0.25, -0.2) is 0 Å². The van der Waals surface area contributed by atoms with Crippen LogP contribution in [0.15, 0.2) is 77.7 Å². The third-order valence-electron chi connectivity index (χ3n) is 3.70. The van der Waals surface area contributed by atoms with Crippen LogP contribution < -0.4 is 0 Å². The summed E-state index contributed by atoms with van der Waals surface area (Å²) in [6, 6.07) is 22.7. The fourth-order valence-electron chi connectivity index (χ4n) is 2.48. The van der Waals surface area contributed by atoms with E-state index in [9.17, 15) is 8.42 Å². The minimum atomic E-state index is -3.71. The summed E-state index contributed by atoms with van der Waals surface area (Å²) in [7, 11) is -3.71. The van der Waals surface area contributed by atoms with Crippen LogP contribution in [0.4, 0.5) is 0 Å². The maximum absolute atomic E-state index is 12.3. The Bertz CT molecular complexity index is 887. The molecule has 4 heteroatoms. The molecule has 23 heavy (non-hydrogen) atoms. The molecule has 0 atom stereocenters. The molecule has 0 amide bonds. The van der Waals surface area contributed by atoms with Gasteiger partial charge in [0, 0.05) is 0 Å². The van der Waals surface area contributed by atoms with Crippen molar-refractivity contribution in [3.63, 3.8) is 0 Å². The highest BCUT2D eigenvalue weighted by Crippen LogP contribution is 2.20. The Morgan fingerprint density at radius 3 is 2.26 bits per heavy atom. The fourth-order valence-corrected chi connectivity index (χ4v) is 3.46. The maximum Gasteiger partial charge on any atom is 0.296 e. The van der Waals surface area contributed by atoms with E-state index in [4.69, 9.17) is 4.18 Å². The molecule has 3 nitrogen and oxygen atoms in total. The Morgan fingerprint density at radius 2 is 1.48 bits per heavy atom. The van der Waals surface area contributed by atoms with Gasteiger partial charge in [-0.2, -0.15) is 8.42 Å². The molecule has 3 rings (SSSR count). The molecule has 0 aliphatic heterocycles. The average Bonchev–Trinajstić information content (AvgIpc) is 2.59. The van der Waals surface area contributed by atoms with Crippen molar-refractivity contribution in [2.45, 2.75) is 17.7 Å². The lowest BCUT2D eigenvalue weighted by Gasteiger charge is -2.07. The van der Waals surface area contributed by atoms with E-state index in [0.29, 0.717) is 6.42 Å². The van der Waals surface area contributed by atoms with Gasteiger partial charge in [0.2, 0.25) is 0 Å². The third kappa shape index (κ3) is 3.97. The fraction of sp³-hybridized carbons (Fsp3) is 0.158. The Kier molecular flexibility index (Phi) is 4.74. The number of hydrogen-bond acceptors (Lipinski definition) is 3. The van der Waals surface area contributed by atoms with Crippen molar-refractivity contribution >= 4 is 20.9 Å². The molecule has 118 valence electrons. The van der Waals surface area contributed by atoms with Crippen LogP contribution in [0.2, 0.25) is 0 Å². The van der Waals surface area contributed by atoms with Gasteiger partial charge in [-0.1, -0.05) is 60.7 Å². The molecule has 0 N–H and O–H groups in total. The highest BCUT2D eigenvalue weighted by atomic mass is 32.2. The van der Waals surface area contributed by atoms with Crippen LogP contribution in [0.3, 0.4) is 0 Å². The maximum atomic E-state index is 12.3. The highest BCUT2D eigenvalue weighted by Gasteiger charge is 2.15. The summed E-state index contributed by atoms with van der Waals surface area (Å²) in [5, 5.41) is 1.90. The summed E-state index contributed by atoms with van der Waals surface area (Å²) < 4.78 is 29.7. The molecule has 0 saturated carbocycles. The van der Waals surface area contributed by atoms with Gasteiger partial charge in [0.25, 0.3) is 10.1 Å².